The molecule has 0 aromatic carbocycles. The van der Waals surface area contributed by atoms with Crippen molar-refractivity contribution in [2.24, 2.45) is 7.05 Å². The minimum atomic E-state index is -0.296. The zero-order valence-corrected chi connectivity index (χ0v) is 10.8. The number of carbonyl (C=O) groups is 1. The number of fused-ring (bicyclic) bond motifs is 1. The molecule has 0 unspecified atom stereocenters. The molecule has 94 valence electrons. The average Bonchev–Trinajstić information content (AvgIpc) is 2.61. The van der Waals surface area contributed by atoms with Gasteiger partial charge in [0, 0.05) is 13.6 Å². The van der Waals surface area contributed by atoms with E-state index < -0.39 is 0 Å². The third-order valence-electron chi connectivity index (χ3n) is 3.01. The molecule has 2 rings (SSSR count). The molecule has 1 amide bonds. The van der Waals surface area contributed by atoms with Crippen LogP contribution in [0.2, 0.25) is 0 Å². The topological polar surface area (TPSA) is 47.4 Å². The number of ether oxygens (including phenoxy) is 1. The van der Waals surface area contributed by atoms with E-state index in [1.54, 1.807) is 4.90 Å². The predicted octanol–water partition coefficient (Wildman–Crippen LogP) is 1.46. The van der Waals surface area contributed by atoms with Crippen molar-refractivity contribution in [3.63, 3.8) is 0 Å². The van der Waals surface area contributed by atoms with Crippen LogP contribution in [-0.4, -0.2) is 39.8 Å². The summed E-state index contributed by atoms with van der Waals surface area (Å²) in [6.07, 6.45) is 0.542. The molecule has 1 aromatic heterocycles. The highest BCUT2D eigenvalue weighted by atomic mass is 35.5. The van der Waals surface area contributed by atoms with Gasteiger partial charge < -0.3 is 9.64 Å². The van der Waals surface area contributed by atoms with Gasteiger partial charge in [0.1, 0.15) is 6.61 Å². The summed E-state index contributed by atoms with van der Waals surface area (Å²) < 4.78 is 6.86. The van der Waals surface area contributed by atoms with Crippen LogP contribution in [0, 0.1) is 6.92 Å². The molecule has 1 aliphatic heterocycles. The highest BCUT2D eigenvalue weighted by molar-refractivity contribution is 6.18. The molecule has 0 spiro atoms. The number of halogens is 1. The molecule has 2 heterocycles. The fraction of sp³-hybridized carbons (Fsp3) is 0.636. The van der Waals surface area contributed by atoms with Crippen molar-refractivity contribution in [3.8, 4) is 0 Å². The Kier molecular flexibility index (Phi) is 3.57. The lowest BCUT2D eigenvalue weighted by atomic mass is 10.1. The summed E-state index contributed by atoms with van der Waals surface area (Å²) in [7, 11) is 1.90. The van der Waals surface area contributed by atoms with Crippen LogP contribution in [-0.2, 0) is 24.8 Å². The van der Waals surface area contributed by atoms with Crippen molar-refractivity contribution in [2.75, 3.05) is 19.0 Å². The third kappa shape index (κ3) is 2.39. The Morgan fingerprint density at radius 2 is 2.35 bits per heavy atom. The van der Waals surface area contributed by atoms with Crippen LogP contribution < -0.4 is 0 Å². The van der Waals surface area contributed by atoms with Crippen LogP contribution in [0.3, 0.4) is 0 Å². The Labute approximate surface area is 105 Å². The largest absolute Gasteiger partial charge is 0.448 e. The average molecular weight is 258 g/mol. The number of carbonyl (C=O) groups excluding carboxylic acids is 1. The molecule has 0 saturated carbocycles. The van der Waals surface area contributed by atoms with Gasteiger partial charge in [-0.2, -0.15) is 5.10 Å². The summed E-state index contributed by atoms with van der Waals surface area (Å²) in [5.41, 5.74) is 3.40. The minimum Gasteiger partial charge on any atom is -0.448 e. The second-order valence-electron chi connectivity index (χ2n) is 4.11. The van der Waals surface area contributed by atoms with Crippen molar-refractivity contribution < 1.29 is 9.53 Å². The molecule has 0 N–H and O–H groups in total. The van der Waals surface area contributed by atoms with Crippen molar-refractivity contribution in [1.29, 1.82) is 0 Å². The van der Waals surface area contributed by atoms with Crippen molar-refractivity contribution in [1.82, 2.24) is 14.7 Å². The zero-order chi connectivity index (χ0) is 12.4. The standard InChI is InChI=1S/C11H16ClN3O2/c1-8-9-3-5-15(11(16)17-6-4-12)7-10(9)14(2)13-8/h3-7H2,1-2H3. The quantitative estimate of drug-likeness (QED) is 0.754. The summed E-state index contributed by atoms with van der Waals surface area (Å²) >= 11 is 5.48. The molecule has 5 nitrogen and oxygen atoms in total. The fourth-order valence-corrected chi connectivity index (χ4v) is 2.23. The second kappa shape index (κ2) is 4.96. The molecule has 0 aliphatic carbocycles. The van der Waals surface area contributed by atoms with Gasteiger partial charge in [-0.15, -0.1) is 11.6 Å². The Bertz CT molecular complexity index is 431. The lowest BCUT2D eigenvalue weighted by Gasteiger charge is -2.26. The van der Waals surface area contributed by atoms with Gasteiger partial charge in [-0.3, -0.25) is 4.68 Å². The Balaban J connectivity index is 2.08. The number of hydrogen-bond acceptors (Lipinski definition) is 3. The smallest absolute Gasteiger partial charge is 0.410 e. The normalized spacial score (nSPS) is 14.6. The Morgan fingerprint density at radius 1 is 1.59 bits per heavy atom. The Morgan fingerprint density at radius 3 is 3.06 bits per heavy atom. The van der Waals surface area contributed by atoms with Crippen LogP contribution in [0.5, 0.6) is 0 Å². The van der Waals surface area contributed by atoms with Gasteiger partial charge in [0.15, 0.2) is 0 Å². The summed E-state index contributed by atoms with van der Waals surface area (Å²) in [5.74, 6) is 0.329. The van der Waals surface area contributed by atoms with E-state index in [4.69, 9.17) is 16.3 Å². The summed E-state index contributed by atoms with van der Waals surface area (Å²) in [6.45, 7) is 3.50. The van der Waals surface area contributed by atoms with Gasteiger partial charge in [0.25, 0.3) is 0 Å². The maximum atomic E-state index is 11.7. The first-order valence-corrected chi connectivity index (χ1v) is 6.16. The van der Waals surface area contributed by atoms with E-state index in [9.17, 15) is 4.79 Å². The van der Waals surface area contributed by atoms with Crippen LogP contribution >= 0.6 is 11.6 Å². The van der Waals surface area contributed by atoms with E-state index in [0.717, 1.165) is 17.8 Å². The number of rotatable bonds is 2. The first kappa shape index (κ1) is 12.2. The highest BCUT2D eigenvalue weighted by Crippen LogP contribution is 2.21. The van der Waals surface area contributed by atoms with E-state index in [1.165, 1.54) is 5.56 Å². The van der Waals surface area contributed by atoms with Gasteiger partial charge >= 0.3 is 6.09 Å². The van der Waals surface area contributed by atoms with Gasteiger partial charge in [-0.25, -0.2) is 4.79 Å². The number of alkyl halides is 1. The fourth-order valence-electron chi connectivity index (χ4n) is 2.15. The summed E-state index contributed by atoms with van der Waals surface area (Å²) in [6, 6.07) is 0. The zero-order valence-electron chi connectivity index (χ0n) is 10.1. The highest BCUT2D eigenvalue weighted by Gasteiger charge is 2.25. The van der Waals surface area contributed by atoms with E-state index in [-0.39, 0.29) is 12.7 Å². The first-order valence-electron chi connectivity index (χ1n) is 5.62. The molecular formula is C11H16ClN3O2. The lowest BCUT2D eigenvalue weighted by molar-refractivity contribution is 0.102. The van der Waals surface area contributed by atoms with E-state index >= 15 is 0 Å². The van der Waals surface area contributed by atoms with Crippen LogP contribution in [0.15, 0.2) is 0 Å². The molecule has 0 bridgehead atoms. The number of aromatic nitrogens is 2. The van der Waals surface area contributed by atoms with Gasteiger partial charge in [-0.1, -0.05) is 0 Å². The number of amides is 1. The van der Waals surface area contributed by atoms with Crippen LogP contribution in [0.1, 0.15) is 17.0 Å². The molecule has 17 heavy (non-hydrogen) atoms. The predicted molar refractivity (Wildman–Crippen MR) is 64.1 cm³/mol. The lowest BCUT2D eigenvalue weighted by Crippen LogP contribution is -2.37. The van der Waals surface area contributed by atoms with Crippen LogP contribution in [0.25, 0.3) is 0 Å². The van der Waals surface area contributed by atoms with Gasteiger partial charge in [0.2, 0.25) is 0 Å². The number of hydrogen-bond donors (Lipinski definition) is 0. The first-order chi connectivity index (χ1) is 8.13. The monoisotopic (exact) mass is 257 g/mol. The molecular weight excluding hydrogens is 242 g/mol. The molecule has 6 heteroatoms. The number of nitrogens with zero attached hydrogens (tertiary/aromatic N) is 3. The molecule has 1 aliphatic rings. The summed E-state index contributed by atoms with van der Waals surface area (Å²) in [5, 5.41) is 4.37. The second-order valence-corrected chi connectivity index (χ2v) is 4.49. The molecule has 0 fully saturated rings. The van der Waals surface area contributed by atoms with E-state index in [2.05, 4.69) is 5.10 Å². The molecule has 0 radical (unpaired) electrons. The van der Waals surface area contributed by atoms with Gasteiger partial charge in [0.05, 0.1) is 23.8 Å². The SMILES string of the molecule is Cc1nn(C)c2c1CCN(C(=O)OCCCl)C2. The minimum absolute atomic E-state index is 0.258. The molecule has 1 aromatic rings. The van der Waals surface area contributed by atoms with Crippen molar-refractivity contribution >= 4 is 17.7 Å². The molecule has 0 saturated heterocycles. The van der Waals surface area contributed by atoms with Gasteiger partial charge in [-0.05, 0) is 18.9 Å². The van der Waals surface area contributed by atoms with E-state index in [0.29, 0.717) is 19.0 Å². The van der Waals surface area contributed by atoms with Crippen LogP contribution in [0.4, 0.5) is 4.79 Å². The maximum absolute atomic E-state index is 11.7. The third-order valence-corrected chi connectivity index (χ3v) is 3.16. The van der Waals surface area contributed by atoms with Crippen molar-refractivity contribution in [3.05, 3.63) is 17.0 Å². The maximum Gasteiger partial charge on any atom is 0.410 e. The summed E-state index contributed by atoms with van der Waals surface area (Å²) in [4.78, 5) is 13.4. The van der Waals surface area contributed by atoms with Crippen molar-refractivity contribution in [2.45, 2.75) is 19.9 Å². The number of aryl methyl sites for hydroxylation is 2. The van der Waals surface area contributed by atoms with E-state index in [1.807, 2.05) is 18.7 Å². The Hall–Kier alpha value is -1.23. The molecule has 0 atom stereocenters.